The van der Waals surface area contributed by atoms with Gasteiger partial charge in [-0.15, -0.1) is 0 Å². The Kier molecular flexibility index (Phi) is 6.71. The van der Waals surface area contributed by atoms with E-state index in [9.17, 15) is 19.5 Å². The highest BCUT2D eigenvalue weighted by atomic mass is 16.5. The summed E-state index contributed by atoms with van der Waals surface area (Å²) in [6, 6.07) is 0. The highest BCUT2D eigenvalue weighted by Crippen LogP contribution is 2.68. The number of methoxy groups -OCH3 is 2. The Morgan fingerprint density at radius 1 is 1.03 bits per heavy atom. The average Bonchev–Trinajstić information content (AvgIpc) is 3.14. The quantitative estimate of drug-likeness (QED) is 0.487. The zero-order chi connectivity index (χ0) is 24.1. The number of esters is 2. The fourth-order valence-electron chi connectivity index (χ4n) is 9.10. The summed E-state index contributed by atoms with van der Waals surface area (Å²) in [6.45, 7) is 6.94. The molecular weight excluding hydrogens is 420 g/mol. The highest BCUT2D eigenvalue weighted by molar-refractivity contribution is 5.94. The van der Waals surface area contributed by atoms with Crippen LogP contribution in [0.4, 0.5) is 0 Å². The average molecular weight is 463 g/mol. The van der Waals surface area contributed by atoms with E-state index in [4.69, 9.17) is 9.47 Å². The third-order valence-electron chi connectivity index (χ3n) is 10.8. The van der Waals surface area contributed by atoms with E-state index in [0.717, 1.165) is 38.5 Å². The molecule has 0 aromatic carbocycles. The first-order chi connectivity index (χ1) is 15.6. The van der Waals surface area contributed by atoms with Crippen molar-refractivity contribution in [2.75, 3.05) is 14.2 Å². The fraction of sp³-hybridized carbons (Fsp3) is 0.889. The zero-order valence-electron chi connectivity index (χ0n) is 21.0. The van der Waals surface area contributed by atoms with E-state index in [1.807, 2.05) is 0 Å². The van der Waals surface area contributed by atoms with Gasteiger partial charge in [0.05, 0.1) is 20.3 Å². The summed E-state index contributed by atoms with van der Waals surface area (Å²) < 4.78 is 9.78. The molecule has 4 fully saturated rings. The summed E-state index contributed by atoms with van der Waals surface area (Å²) in [6.07, 6.45) is 7.50. The lowest BCUT2D eigenvalue weighted by molar-refractivity contribution is -0.169. The number of carbonyl (C=O) groups excluding carboxylic acids is 3. The summed E-state index contributed by atoms with van der Waals surface area (Å²) >= 11 is 0. The molecule has 4 aliphatic rings. The largest absolute Gasteiger partial charge is 0.468 e. The van der Waals surface area contributed by atoms with Gasteiger partial charge in [-0.3, -0.25) is 14.4 Å². The van der Waals surface area contributed by atoms with Crippen LogP contribution in [0.2, 0.25) is 0 Å². The normalized spacial score (nSPS) is 43.3. The van der Waals surface area contributed by atoms with E-state index in [2.05, 4.69) is 20.8 Å². The first-order valence-electron chi connectivity index (χ1n) is 12.9. The Morgan fingerprint density at radius 2 is 1.67 bits per heavy atom. The van der Waals surface area contributed by atoms with Gasteiger partial charge in [-0.25, -0.2) is 0 Å². The molecule has 0 aromatic heterocycles. The summed E-state index contributed by atoms with van der Waals surface area (Å²) in [4.78, 5) is 36.7. The van der Waals surface area contributed by atoms with Crippen molar-refractivity contribution in [1.82, 2.24) is 0 Å². The molecule has 4 saturated carbocycles. The molecule has 6 heteroatoms. The van der Waals surface area contributed by atoms with Gasteiger partial charge in [0, 0.05) is 12.8 Å². The van der Waals surface area contributed by atoms with Crippen LogP contribution in [0.25, 0.3) is 0 Å². The van der Waals surface area contributed by atoms with Crippen LogP contribution in [0.3, 0.4) is 0 Å². The summed E-state index contributed by atoms with van der Waals surface area (Å²) in [7, 11) is 2.63. The second kappa shape index (κ2) is 8.98. The molecule has 0 amide bonds. The standard InChI is InChI=1S/C27H42O6/c1-15(12-18(24(30)32-4)25(31)33-5)19-6-7-20-23-21(9-11-27(19,20)3)26(2)10-8-17(28)13-16(26)14-22(23)29/h15-16,18-23,29H,6-14H2,1-5H3/t15-,16+,19-,20+,21+,22-,23+,26+,27-/m1/s1. The Bertz CT molecular complexity index is 777. The van der Waals surface area contributed by atoms with Crippen molar-refractivity contribution in [2.45, 2.75) is 84.7 Å². The van der Waals surface area contributed by atoms with Crippen molar-refractivity contribution in [3.63, 3.8) is 0 Å². The Morgan fingerprint density at radius 3 is 2.30 bits per heavy atom. The SMILES string of the molecule is COC(=O)C(C[C@@H](C)[C@H]1CC[C@H]2[C@@H]3[C@H](O)C[C@@H]4CC(=O)CC[C@]4(C)[C@H]3CC[C@]12C)C(=O)OC. The fourth-order valence-corrected chi connectivity index (χ4v) is 9.10. The predicted molar refractivity (Wildman–Crippen MR) is 123 cm³/mol. The number of ketones is 1. The molecule has 33 heavy (non-hydrogen) atoms. The molecular formula is C27H42O6. The molecule has 0 radical (unpaired) electrons. The van der Waals surface area contributed by atoms with Crippen molar-refractivity contribution in [2.24, 2.45) is 52.3 Å². The van der Waals surface area contributed by atoms with Gasteiger partial charge in [-0.05, 0) is 91.3 Å². The first-order valence-corrected chi connectivity index (χ1v) is 12.9. The van der Waals surface area contributed by atoms with Crippen LogP contribution in [0.15, 0.2) is 0 Å². The van der Waals surface area contributed by atoms with Gasteiger partial charge in [0.15, 0.2) is 5.92 Å². The lowest BCUT2D eigenvalue weighted by Crippen LogP contribution is -2.58. The third kappa shape index (κ3) is 3.94. The molecule has 0 saturated heterocycles. The van der Waals surface area contributed by atoms with Gasteiger partial charge >= 0.3 is 11.9 Å². The second-order valence-corrected chi connectivity index (χ2v) is 12.1. The number of ether oxygens (including phenoxy) is 2. The Hall–Kier alpha value is -1.43. The molecule has 186 valence electrons. The van der Waals surface area contributed by atoms with Crippen molar-refractivity contribution >= 4 is 17.7 Å². The van der Waals surface area contributed by atoms with E-state index >= 15 is 0 Å². The minimum atomic E-state index is -0.881. The van der Waals surface area contributed by atoms with Crippen molar-refractivity contribution in [3.05, 3.63) is 0 Å². The third-order valence-corrected chi connectivity index (χ3v) is 10.8. The van der Waals surface area contributed by atoms with E-state index in [-0.39, 0.29) is 28.8 Å². The van der Waals surface area contributed by atoms with Crippen molar-refractivity contribution < 1.29 is 29.0 Å². The van der Waals surface area contributed by atoms with Gasteiger partial charge in [-0.1, -0.05) is 20.8 Å². The van der Waals surface area contributed by atoms with Gasteiger partial charge in [0.1, 0.15) is 5.78 Å². The zero-order valence-corrected chi connectivity index (χ0v) is 21.0. The number of rotatable bonds is 5. The van der Waals surface area contributed by atoms with Gasteiger partial charge in [-0.2, -0.15) is 0 Å². The molecule has 6 nitrogen and oxygen atoms in total. The number of hydrogen-bond donors (Lipinski definition) is 1. The van der Waals surface area contributed by atoms with E-state index in [0.29, 0.717) is 48.7 Å². The Balaban J connectivity index is 1.54. The topological polar surface area (TPSA) is 89.9 Å². The molecule has 0 unspecified atom stereocenters. The van der Waals surface area contributed by atoms with Crippen molar-refractivity contribution in [1.29, 1.82) is 0 Å². The summed E-state index contributed by atoms with van der Waals surface area (Å²) in [5, 5.41) is 11.4. The van der Waals surface area contributed by atoms with Crippen LogP contribution in [0.1, 0.15) is 78.6 Å². The number of aliphatic hydroxyl groups excluding tert-OH is 1. The van der Waals surface area contributed by atoms with E-state index < -0.39 is 17.9 Å². The maximum atomic E-state index is 12.3. The lowest BCUT2D eigenvalue weighted by atomic mass is 9.43. The minimum absolute atomic E-state index is 0.0893. The molecule has 0 spiro atoms. The lowest BCUT2D eigenvalue weighted by Gasteiger charge is -2.62. The Labute approximate surface area is 198 Å². The summed E-state index contributed by atoms with van der Waals surface area (Å²) in [5.41, 5.74) is 0.246. The smallest absolute Gasteiger partial charge is 0.320 e. The number of aliphatic hydroxyl groups is 1. The van der Waals surface area contributed by atoms with Gasteiger partial charge in [0.2, 0.25) is 0 Å². The van der Waals surface area contributed by atoms with Crippen LogP contribution in [-0.2, 0) is 23.9 Å². The molecule has 4 rings (SSSR count). The minimum Gasteiger partial charge on any atom is -0.468 e. The van der Waals surface area contributed by atoms with Crippen molar-refractivity contribution in [3.8, 4) is 0 Å². The van der Waals surface area contributed by atoms with Gasteiger partial charge in [0.25, 0.3) is 0 Å². The maximum Gasteiger partial charge on any atom is 0.320 e. The number of carbonyl (C=O) groups is 3. The van der Waals surface area contributed by atoms with Crippen LogP contribution >= 0.6 is 0 Å². The van der Waals surface area contributed by atoms with Gasteiger partial charge < -0.3 is 14.6 Å². The summed E-state index contributed by atoms with van der Waals surface area (Å²) in [5.74, 6) is 0.535. The molecule has 1 N–H and O–H groups in total. The number of fused-ring (bicyclic) bond motifs is 5. The molecule has 0 heterocycles. The molecule has 9 atom stereocenters. The van der Waals surface area contributed by atoms with E-state index in [1.165, 1.54) is 14.2 Å². The number of Topliss-reactive ketones (excluding diaryl/α,β-unsaturated/α-hetero) is 1. The molecule has 0 aliphatic heterocycles. The molecule has 0 bridgehead atoms. The van der Waals surface area contributed by atoms with Crippen LogP contribution in [-0.4, -0.2) is 43.2 Å². The van der Waals surface area contributed by atoms with Crippen LogP contribution in [0, 0.1) is 52.3 Å². The predicted octanol–water partition coefficient (Wildman–Crippen LogP) is 4.17. The van der Waals surface area contributed by atoms with E-state index in [1.54, 1.807) is 0 Å². The van der Waals surface area contributed by atoms with Crippen LogP contribution < -0.4 is 0 Å². The first kappa shape index (κ1) is 24.7. The van der Waals surface area contributed by atoms with Crippen LogP contribution in [0.5, 0.6) is 0 Å². The second-order valence-electron chi connectivity index (χ2n) is 12.1. The molecule has 4 aliphatic carbocycles. The molecule has 0 aromatic rings. The maximum absolute atomic E-state index is 12.3. The number of hydrogen-bond acceptors (Lipinski definition) is 6. The highest BCUT2D eigenvalue weighted by Gasteiger charge is 2.63. The monoisotopic (exact) mass is 462 g/mol.